The van der Waals surface area contributed by atoms with E-state index in [0.29, 0.717) is 22.1 Å². The topological polar surface area (TPSA) is 114 Å². The number of nitrogen functional groups attached to an aromatic ring is 1. The summed E-state index contributed by atoms with van der Waals surface area (Å²) in [6, 6.07) is 5.18. The number of nitrogens with one attached hydrogen (secondary N) is 2. The summed E-state index contributed by atoms with van der Waals surface area (Å²) in [7, 11) is 0. The van der Waals surface area contributed by atoms with Crippen molar-refractivity contribution < 1.29 is 9.59 Å². The monoisotopic (exact) mass is 359 g/mol. The van der Waals surface area contributed by atoms with Crippen LogP contribution in [0.1, 0.15) is 27.8 Å². The zero-order valence-corrected chi connectivity index (χ0v) is 14.2. The van der Waals surface area contributed by atoms with Crippen LogP contribution in [-0.2, 0) is 0 Å². The first kappa shape index (κ1) is 16.2. The number of aromatic nitrogens is 3. The lowest BCUT2D eigenvalue weighted by molar-refractivity contribution is 0.100. The highest BCUT2D eigenvalue weighted by Crippen LogP contribution is 2.28. The highest BCUT2D eigenvalue weighted by molar-refractivity contribution is 7.99. The van der Waals surface area contributed by atoms with Crippen LogP contribution in [0.15, 0.2) is 46.0 Å². The van der Waals surface area contributed by atoms with Crippen LogP contribution in [0.5, 0.6) is 0 Å². The maximum atomic E-state index is 12.4. The minimum absolute atomic E-state index is 0.150. The molecule has 0 aliphatic rings. The molecular weight excluding hydrogens is 346 g/mol. The number of hydrogen-bond acceptors (Lipinski definition) is 7. The Bertz CT molecular complexity index is 889. The number of Topliss-reactive ketones (excluding diaryl/α,β-unsaturated/α-hetero) is 1. The molecule has 1 aromatic carbocycles. The number of nitrogens with two attached hydrogens (primary N) is 1. The first-order valence-electron chi connectivity index (χ1n) is 6.87. The van der Waals surface area contributed by atoms with Crippen molar-refractivity contribution in [1.82, 2.24) is 15.0 Å². The van der Waals surface area contributed by atoms with Crippen molar-refractivity contribution in [2.45, 2.75) is 17.0 Å². The highest BCUT2D eigenvalue weighted by atomic mass is 32.2. The molecule has 0 unspecified atom stereocenters. The number of benzene rings is 1. The molecule has 3 rings (SSSR count). The third-order valence-corrected chi connectivity index (χ3v) is 4.71. The Morgan fingerprint density at radius 3 is 2.88 bits per heavy atom. The number of imidazole rings is 1. The second-order valence-corrected chi connectivity index (χ2v) is 6.71. The fourth-order valence-corrected chi connectivity index (χ4v) is 3.39. The summed E-state index contributed by atoms with van der Waals surface area (Å²) in [6.07, 6.45) is 3.38. The fraction of sp³-hybridized carbons (Fsp3) is 0.0667. The third kappa shape index (κ3) is 3.63. The summed E-state index contributed by atoms with van der Waals surface area (Å²) in [5, 5.41) is 5.34. The van der Waals surface area contributed by atoms with Crippen LogP contribution >= 0.6 is 23.1 Å². The normalized spacial score (nSPS) is 10.5. The van der Waals surface area contributed by atoms with Crippen molar-refractivity contribution >= 4 is 45.6 Å². The molecule has 0 radical (unpaired) electrons. The molecule has 2 aromatic heterocycles. The molecular formula is C15H13N5O2S2. The molecule has 0 aliphatic carbocycles. The molecule has 3 aromatic rings. The predicted molar refractivity (Wildman–Crippen MR) is 93.6 cm³/mol. The first-order valence-corrected chi connectivity index (χ1v) is 8.57. The van der Waals surface area contributed by atoms with E-state index in [-0.39, 0.29) is 11.7 Å². The summed E-state index contributed by atoms with van der Waals surface area (Å²) in [5.74, 6) is -0.526. The van der Waals surface area contributed by atoms with E-state index < -0.39 is 0 Å². The second-order valence-electron chi connectivity index (χ2n) is 4.79. The molecule has 0 fully saturated rings. The zero-order chi connectivity index (χ0) is 17.1. The maximum absolute atomic E-state index is 12.4. The van der Waals surface area contributed by atoms with Crippen LogP contribution in [0.4, 0.5) is 10.8 Å². The Morgan fingerprint density at radius 2 is 2.21 bits per heavy atom. The number of thiazole rings is 1. The number of carbonyl (C=O) groups is 2. The van der Waals surface area contributed by atoms with Crippen molar-refractivity contribution in [3.63, 3.8) is 0 Å². The standard InChI is InChI=1S/C15H13N5O2S2/c1-8(21)12-7-23-15(19-12)20-13(22)10-6-9(2-3-11(10)16)24-14-17-4-5-18-14/h2-7H,16H2,1H3,(H,17,18)(H,19,20,22). The fourth-order valence-electron chi connectivity index (χ4n) is 1.87. The Hall–Kier alpha value is -2.65. The molecule has 4 N–H and O–H groups in total. The van der Waals surface area contributed by atoms with Crippen molar-refractivity contribution in [2.24, 2.45) is 0 Å². The van der Waals surface area contributed by atoms with Gasteiger partial charge in [0.2, 0.25) is 0 Å². The van der Waals surface area contributed by atoms with Gasteiger partial charge in [-0.2, -0.15) is 0 Å². The van der Waals surface area contributed by atoms with Crippen LogP contribution in [0, 0.1) is 0 Å². The number of ketones is 1. The van der Waals surface area contributed by atoms with E-state index in [9.17, 15) is 9.59 Å². The third-order valence-electron chi connectivity index (χ3n) is 3.04. The summed E-state index contributed by atoms with van der Waals surface area (Å²) in [5.41, 5.74) is 6.93. The average Bonchev–Trinajstić information content (AvgIpc) is 3.21. The van der Waals surface area contributed by atoms with Crippen LogP contribution in [0.2, 0.25) is 0 Å². The van der Waals surface area contributed by atoms with E-state index in [4.69, 9.17) is 5.73 Å². The number of rotatable bonds is 5. The number of nitrogens with zero attached hydrogens (tertiary/aromatic N) is 2. The SMILES string of the molecule is CC(=O)c1csc(NC(=O)c2cc(Sc3ncc[nH]3)ccc2N)n1. The molecule has 0 bridgehead atoms. The van der Waals surface area contributed by atoms with E-state index in [1.807, 2.05) is 6.07 Å². The second kappa shape index (κ2) is 6.85. The smallest absolute Gasteiger partial charge is 0.259 e. The number of hydrogen-bond donors (Lipinski definition) is 3. The van der Waals surface area contributed by atoms with Crippen molar-refractivity contribution in [1.29, 1.82) is 0 Å². The Labute approximate surface area is 145 Å². The molecule has 0 saturated carbocycles. The van der Waals surface area contributed by atoms with Gasteiger partial charge in [-0.3, -0.25) is 14.9 Å². The van der Waals surface area contributed by atoms with E-state index in [0.717, 1.165) is 10.1 Å². The first-order chi connectivity index (χ1) is 11.5. The summed E-state index contributed by atoms with van der Waals surface area (Å²) in [6.45, 7) is 1.42. The Balaban J connectivity index is 1.79. The Morgan fingerprint density at radius 1 is 1.38 bits per heavy atom. The zero-order valence-electron chi connectivity index (χ0n) is 12.6. The molecule has 7 nitrogen and oxygen atoms in total. The van der Waals surface area contributed by atoms with Gasteiger partial charge in [0.25, 0.3) is 5.91 Å². The van der Waals surface area contributed by atoms with Gasteiger partial charge in [-0.25, -0.2) is 9.97 Å². The molecule has 0 aliphatic heterocycles. The van der Waals surface area contributed by atoms with Gasteiger partial charge in [0.05, 0.1) is 5.56 Å². The largest absolute Gasteiger partial charge is 0.398 e. The molecule has 9 heteroatoms. The summed E-state index contributed by atoms with van der Waals surface area (Å²) < 4.78 is 0. The molecule has 0 atom stereocenters. The van der Waals surface area contributed by atoms with Gasteiger partial charge >= 0.3 is 0 Å². The summed E-state index contributed by atoms with van der Waals surface area (Å²) >= 11 is 2.58. The van der Waals surface area contributed by atoms with E-state index in [1.54, 1.807) is 29.9 Å². The van der Waals surface area contributed by atoms with Gasteiger partial charge in [-0.05, 0) is 18.2 Å². The average molecular weight is 359 g/mol. The number of carbonyl (C=O) groups excluding carboxylic acids is 2. The quantitative estimate of drug-likeness (QED) is 0.476. The lowest BCUT2D eigenvalue weighted by atomic mass is 10.1. The molecule has 122 valence electrons. The van der Waals surface area contributed by atoms with Crippen LogP contribution in [-0.4, -0.2) is 26.6 Å². The minimum Gasteiger partial charge on any atom is -0.398 e. The highest BCUT2D eigenvalue weighted by Gasteiger charge is 2.14. The van der Waals surface area contributed by atoms with E-state index in [1.165, 1.54) is 30.0 Å². The number of H-pyrrole nitrogens is 1. The van der Waals surface area contributed by atoms with Gasteiger partial charge in [0.15, 0.2) is 16.1 Å². The molecule has 24 heavy (non-hydrogen) atoms. The van der Waals surface area contributed by atoms with Crippen LogP contribution < -0.4 is 11.1 Å². The molecule has 1 amide bonds. The van der Waals surface area contributed by atoms with E-state index >= 15 is 0 Å². The predicted octanol–water partition coefficient (Wildman–Crippen LogP) is 3.05. The van der Waals surface area contributed by atoms with Crippen molar-refractivity contribution in [3.05, 3.63) is 47.2 Å². The van der Waals surface area contributed by atoms with Crippen LogP contribution in [0.3, 0.4) is 0 Å². The van der Waals surface area contributed by atoms with Gasteiger partial charge in [0.1, 0.15) is 5.69 Å². The Kier molecular flexibility index (Phi) is 4.63. The van der Waals surface area contributed by atoms with Crippen LogP contribution in [0.25, 0.3) is 0 Å². The lowest BCUT2D eigenvalue weighted by Gasteiger charge is -2.07. The summed E-state index contributed by atoms with van der Waals surface area (Å²) in [4.78, 5) is 35.7. The van der Waals surface area contributed by atoms with Gasteiger partial charge in [-0.15, -0.1) is 11.3 Å². The molecule has 0 saturated heterocycles. The van der Waals surface area contributed by atoms with Gasteiger partial charge in [0, 0.05) is 35.3 Å². The van der Waals surface area contributed by atoms with Gasteiger partial charge in [-0.1, -0.05) is 11.8 Å². The van der Waals surface area contributed by atoms with E-state index in [2.05, 4.69) is 20.3 Å². The number of anilines is 2. The van der Waals surface area contributed by atoms with Crippen molar-refractivity contribution in [3.8, 4) is 0 Å². The maximum Gasteiger partial charge on any atom is 0.259 e. The van der Waals surface area contributed by atoms with Crippen molar-refractivity contribution in [2.75, 3.05) is 11.1 Å². The molecule has 2 heterocycles. The number of aromatic amines is 1. The molecule has 0 spiro atoms. The lowest BCUT2D eigenvalue weighted by Crippen LogP contribution is -2.14. The number of amides is 1. The van der Waals surface area contributed by atoms with Gasteiger partial charge < -0.3 is 10.7 Å². The minimum atomic E-state index is -0.376.